The predicted octanol–water partition coefficient (Wildman–Crippen LogP) is 6.24. The van der Waals surface area contributed by atoms with Crippen LogP contribution in [0.5, 0.6) is 11.5 Å². The molecule has 238 valence electrons. The Bertz CT molecular complexity index is 1570. The summed E-state index contributed by atoms with van der Waals surface area (Å²) in [5, 5.41) is 3.59. The highest BCUT2D eigenvalue weighted by Crippen LogP contribution is 2.34. The minimum Gasteiger partial charge on any atom is -0.493 e. The molecule has 0 unspecified atom stereocenters. The number of methoxy groups -OCH3 is 2. The molecule has 44 heavy (non-hydrogen) atoms. The van der Waals surface area contributed by atoms with Crippen LogP contribution in [0.2, 0.25) is 10.0 Å². The van der Waals surface area contributed by atoms with Crippen LogP contribution in [0.3, 0.4) is 0 Å². The number of carbonyl (C=O) groups excluding carboxylic acids is 2. The average Bonchev–Trinajstić information content (AvgIpc) is 3.00. The fourth-order valence-corrected chi connectivity index (χ4v) is 6.27. The molecule has 0 fully saturated rings. The van der Waals surface area contributed by atoms with Crippen LogP contribution in [0, 0.1) is 6.92 Å². The number of hydrogen-bond donors (Lipinski definition) is 1. The van der Waals surface area contributed by atoms with E-state index < -0.39 is 28.5 Å². The van der Waals surface area contributed by atoms with Gasteiger partial charge in [0.05, 0.1) is 34.8 Å². The van der Waals surface area contributed by atoms with E-state index in [1.807, 2.05) is 20.8 Å². The van der Waals surface area contributed by atoms with Gasteiger partial charge in [-0.25, -0.2) is 8.42 Å². The van der Waals surface area contributed by atoms with Crippen LogP contribution in [-0.2, 0) is 26.2 Å². The quantitative estimate of drug-likeness (QED) is 0.219. The van der Waals surface area contributed by atoms with Crippen LogP contribution in [-0.4, -0.2) is 58.0 Å². The third-order valence-electron chi connectivity index (χ3n) is 7.27. The Hall–Kier alpha value is -3.47. The maximum absolute atomic E-state index is 14.3. The zero-order valence-corrected chi connectivity index (χ0v) is 28.1. The van der Waals surface area contributed by atoms with Gasteiger partial charge < -0.3 is 19.7 Å². The molecule has 9 nitrogen and oxygen atoms in total. The fourth-order valence-electron chi connectivity index (χ4n) is 4.54. The molecular weight excluding hydrogens is 625 g/mol. The van der Waals surface area contributed by atoms with Gasteiger partial charge in [0.15, 0.2) is 11.5 Å². The molecule has 0 aliphatic heterocycles. The van der Waals surface area contributed by atoms with Gasteiger partial charge in [0.25, 0.3) is 10.0 Å². The molecule has 0 aliphatic rings. The van der Waals surface area contributed by atoms with Crippen molar-refractivity contribution in [2.24, 2.45) is 0 Å². The SMILES string of the molecule is CC[C@@H](C)NC(=O)[C@@H](CC)N(Cc1ccc(Cl)c(Cl)c1)C(=O)CN(c1ccc(OC)c(OC)c1)S(=O)(=O)c1ccc(C)cc1. The first-order chi connectivity index (χ1) is 20.9. The Kier molecular flexibility index (Phi) is 12.3. The second-order valence-corrected chi connectivity index (χ2v) is 13.1. The number of ether oxygens (including phenoxy) is 2. The van der Waals surface area contributed by atoms with Crippen molar-refractivity contribution >= 4 is 50.7 Å². The van der Waals surface area contributed by atoms with Gasteiger partial charge in [-0.1, -0.05) is 60.8 Å². The normalized spacial score (nSPS) is 12.6. The number of halogens is 2. The topological polar surface area (TPSA) is 105 Å². The van der Waals surface area contributed by atoms with Crippen molar-refractivity contribution in [3.63, 3.8) is 0 Å². The molecule has 0 spiro atoms. The first kappa shape index (κ1) is 35.0. The Labute approximate surface area is 270 Å². The van der Waals surface area contributed by atoms with Gasteiger partial charge in [0, 0.05) is 18.7 Å². The molecule has 3 aromatic carbocycles. The fraction of sp³-hybridized carbons (Fsp3) is 0.375. The van der Waals surface area contributed by atoms with Crippen molar-refractivity contribution in [2.45, 2.75) is 64.1 Å². The lowest BCUT2D eigenvalue weighted by molar-refractivity contribution is -0.140. The van der Waals surface area contributed by atoms with Gasteiger partial charge in [-0.15, -0.1) is 0 Å². The third-order valence-corrected chi connectivity index (χ3v) is 9.79. The molecule has 2 amide bonds. The summed E-state index contributed by atoms with van der Waals surface area (Å²) in [4.78, 5) is 29.1. The maximum atomic E-state index is 14.3. The molecule has 3 rings (SSSR count). The number of anilines is 1. The zero-order valence-electron chi connectivity index (χ0n) is 25.8. The summed E-state index contributed by atoms with van der Waals surface area (Å²) >= 11 is 12.4. The molecule has 0 saturated heterocycles. The van der Waals surface area contributed by atoms with Crippen LogP contribution in [0.15, 0.2) is 65.6 Å². The summed E-state index contributed by atoms with van der Waals surface area (Å²) in [7, 11) is -1.35. The summed E-state index contributed by atoms with van der Waals surface area (Å²) < 4.78 is 40.0. The second kappa shape index (κ2) is 15.5. The monoisotopic (exact) mass is 663 g/mol. The highest BCUT2D eigenvalue weighted by molar-refractivity contribution is 7.92. The molecule has 1 N–H and O–H groups in total. The standard InChI is InChI=1S/C32H39Cl2N3O6S/c1-7-22(4)35-32(39)28(8-2)36(19-23-11-15-26(33)27(34)17-23)31(38)20-37(24-12-16-29(42-5)30(18-24)43-6)44(40,41)25-13-9-21(3)10-14-25/h9-18,22,28H,7-8,19-20H2,1-6H3,(H,35,39)/t22-,28-/m1/s1. The molecule has 0 aromatic heterocycles. The van der Waals surface area contributed by atoms with Crippen molar-refractivity contribution < 1.29 is 27.5 Å². The van der Waals surface area contributed by atoms with Crippen molar-refractivity contribution in [3.05, 3.63) is 81.8 Å². The van der Waals surface area contributed by atoms with E-state index in [0.717, 1.165) is 9.87 Å². The largest absolute Gasteiger partial charge is 0.493 e. The highest BCUT2D eigenvalue weighted by atomic mass is 35.5. The summed E-state index contributed by atoms with van der Waals surface area (Å²) in [6.07, 6.45) is 0.987. The zero-order chi connectivity index (χ0) is 32.6. The van der Waals surface area contributed by atoms with Crippen LogP contribution in [0.25, 0.3) is 0 Å². The number of sulfonamides is 1. The van der Waals surface area contributed by atoms with Crippen LogP contribution >= 0.6 is 23.2 Å². The number of carbonyl (C=O) groups is 2. The lowest BCUT2D eigenvalue weighted by Crippen LogP contribution is -2.53. The molecular formula is C32H39Cl2N3O6S. The second-order valence-electron chi connectivity index (χ2n) is 10.4. The van der Waals surface area contributed by atoms with E-state index in [-0.39, 0.29) is 41.2 Å². The van der Waals surface area contributed by atoms with Gasteiger partial charge >= 0.3 is 0 Å². The first-order valence-electron chi connectivity index (χ1n) is 14.2. The first-order valence-corrected chi connectivity index (χ1v) is 16.4. The predicted molar refractivity (Wildman–Crippen MR) is 174 cm³/mol. The van der Waals surface area contributed by atoms with Gasteiger partial charge in [0.1, 0.15) is 12.6 Å². The van der Waals surface area contributed by atoms with Crippen LogP contribution < -0.4 is 19.1 Å². The summed E-state index contributed by atoms with van der Waals surface area (Å²) in [6, 6.07) is 14.9. The van der Waals surface area contributed by atoms with E-state index in [2.05, 4.69) is 5.32 Å². The Morgan fingerprint density at radius 3 is 2.11 bits per heavy atom. The Morgan fingerprint density at radius 1 is 0.886 bits per heavy atom. The van der Waals surface area contributed by atoms with Crippen LogP contribution in [0.1, 0.15) is 44.7 Å². The van der Waals surface area contributed by atoms with E-state index in [4.69, 9.17) is 32.7 Å². The molecule has 3 aromatic rings. The lowest BCUT2D eigenvalue weighted by Gasteiger charge is -2.34. The lowest BCUT2D eigenvalue weighted by atomic mass is 10.1. The van der Waals surface area contributed by atoms with E-state index >= 15 is 0 Å². The van der Waals surface area contributed by atoms with Gasteiger partial charge in [0.2, 0.25) is 11.8 Å². The maximum Gasteiger partial charge on any atom is 0.264 e. The number of aryl methyl sites for hydroxylation is 1. The number of nitrogens with one attached hydrogen (secondary N) is 1. The number of benzene rings is 3. The van der Waals surface area contributed by atoms with Crippen molar-refractivity contribution in [1.82, 2.24) is 10.2 Å². The van der Waals surface area contributed by atoms with E-state index in [1.165, 1.54) is 43.4 Å². The van der Waals surface area contributed by atoms with Crippen molar-refractivity contribution in [3.8, 4) is 11.5 Å². The van der Waals surface area contributed by atoms with E-state index in [1.54, 1.807) is 43.3 Å². The van der Waals surface area contributed by atoms with Gasteiger partial charge in [-0.2, -0.15) is 0 Å². The molecule has 0 bridgehead atoms. The number of amides is 2. The van der Waals surface area contributed by atoms with Crippen molar-refractivity contribution in [2.75, 3.05) is 25.1 Å². The Balaban J connectivity index is 2.13. The summed E-state index contributed by atoms with van der Waals surface area (Å²) in [5.74, 6) is -0.250. The minimum absolute atomic E-state index is 0.00303. The van der Waals surface area contributed by atoms with Crippen molar-refractivity contribution in [1.29, 1.82) is 0 Å². The minimum atomic E-state index is -4.25. The molecule has 0 radical (unpaired) electrons. The molecule has 0 saturated carbocycles. The van der Waals surface area contributed by atoms with Gasteiger partial charge in [-0.3, -0.25) is 13.9 Å². The van der Waals surface area contributed by atoms with Gasteiger partial charge in [-0.05, 0) is 68.7 Å². The highest BCUT2D eigenvalue weighted by Gasteiger charge is 2.34. The summed E-state index contributed by atoms with van der Waals surface area (Å²) in [5.41, 5.74) is 1.69. The molecule has 2 atom stereocenters. The number of rotatable bonds is 14. The van der Waals surface area contributed by atoms with E-state index in [9.17, 15) is 18.0 Å². The number of hydrogen-bond acceptors (Lipinski definition) is 6. The smallest absolute Gasteiger partial charge is 0.264 e. The summed E-state index contributed by atoms with van der Waals surface area (Å²) in [6.45, 7) is 6.87. The van der Waals surface area contributed by atoms with E-state index in [0.29, 0.717) is 27.8 Å². The molecule has 12 heteroatoms. The van der Waals surface area contributed by atoms with Crippen LogP contribution in [0.4, 0.5) is 5.69 Å². The average molecular weight is 665 g/mol. The molecule has 0 heterocycles. The molecule has 0 aliphatic carbocycles. The Morgan fingerprint density at radius 2 is 1.55 bits per heavy atom. The number of nitrogens with zero attached hydrogens (tertiary/aromatic N) is 2. The third kappa shape index (κ3) is 8.37.